The number of aliphatic hydroxyl groups excluding tert-OH is 1. The maximum Gasteiger partial charge on any atom is 0.315 e. The van der Waals surface area contributed by atoms with Crippen LogP contribution in [-0.2, 0) is 4.74 Å². The fourth-order valence-corrected chi connectivity index (χ4v) is 2.66. The Balaban J connectivity index is 1.74. The molecule has 6 nitrogen and oxygen atoms in total. The summed E-state index contributed by atoms with van der Waals surface area (Å²) >= 11 is 0. The highest BCUT2D eigenvalue weighted by Crippen LogP contribution is 2.18. The Morgan fingerprint density at radius 1 is 1.30 bits per heavy atom. The average molecular weight is 285 g/mol. The Morgan fingerprint density at radius 3 is 2.55 bits per heavy atom. The van der Waals surface area contributed by atoms with Crippen LogP contribution in [0.2, 0.25) is 0 Å². The Labute approximate surface area is 120 Å². The molecule has 0 aromatic carbocycles. The van der Waals surface area contributed by atoms with Gasteiger partial charge in [-0.15, -0.1) is 0 Å². The number of likely N-dealkylation sites (N-methyl/N-ethyl adjacent to an activating group) is 1. The number of ether oxygens (including phenoxy) is 1. The Morgan fingerprint density at radius 2 is 2.00 bits per heavy atom. The molecule has 1 saturated carbocycles. The summed E-state index contributed by atoms with van der Waals surface area (Å²) in [5.74, 6) is 0. The van der Waals surface area contributed by atoms with E-state index in [1.165, 1.54) is 6.42 Å². The molecule has 0 radical (unpaired) electrons. The first-order valence-electron chi connectivity index (χ1n) is 7.73. The number of carbonyl (C=O) groups excluding carboxylic acids is 1. The molecule has 0 spiro atoms. The summed E-state index contributed by atoms with van der Waals surface area (Å²) in [7, 11) is 0. The number of nitrogens with zero attached hydrogens (tertiary/aromatic N) is 1. The van der Waals surface area contributed by atoms with E-state index in [4.69, 9.17) is 4.74 Å². The van der Waals surface area contributed by atoms with E-state index in [9.17, 15) is 9.90 Å². The lowest BCUT2D eigenvalue weighted by atomic mass is 9.93. The molecular weight excluding hydrogens is 258 g/mol. The summed E-state index contributed by atoms with van der Waals surface area (Å²) in [6.07, 6.45) is 2.45. The topological polar surface area (TPSA) is 73.8 Å². The predicted octanol–water partition coefficient (Wildman–Crippen LogP) is 0.308. The van der Waals surface area contributed by atoms with Gasteiger partial charge < -0.3 is 25.4 Å². The van der Waals surface area contributed by atoms with E-state index < -0.39 is 6.10 Å². The SMILES string of the molecule is CCN(CC)C[C@@H]1OC[C@@H](NC(=O)NC2CCC2)[C@H]1O. The van der Waals surface area contributed by atoms with E-state index >= 15 is 0 Å². The average Bonchev–Trinajstić information content (AvgIpc) is 2.73. The molecule has 2 fully saturated rings. The maximum absolute atomic E-state index is 11.8. The molecule has 1 aliphatic heterocycles. The molecule has 1 saturated heterocycles. The van der Waals surface area contributed by atoms with Gasteiger partial charge in [0.1, 0.15) is 6.10 Å². The maximum atomic E-state index is 11.8. The minimum atomic E-state index is -0.636. The van der Waals surface area contributed by atoms with Crippen LogP contribution in [0.25, 0.3) is 0 Å². The fourth-order valence-electron chi connectivity index (χ4n) is 2.66. The molecule has 3 atom stereocenters. The molecule has 0 aromatic rings. The van der Waals surface area contributed by atoms with Crippen LogP contribution in [0.4, 0.5) is 4.79 Å². The molecule has 0 aromatic heterocycles. The van der Waals surface area contributed by atoms with Gasteiger partial charge in [0, 0.05) is 12.6 Å². The van der Waals surface area contributed by atoms with Crippen molar-refractivity contribution in [3.63, 3.8) is 0 Å². The molecule has 20 heavy (non-hydrogen) atoms. The Kier molecular flexibility index (Phi) is 5.63. The van der Waals surface area contributed by atoms with Gasteiger partial charge in [0.25, 0.3) is 0 Å². The molecular formula is C14H27N3O3. The number of rotatable bonds is 6. The van der Waals surface area contributed by atoms with Crippen molar-refractivity contribution >= 4 is 6.03 Å². The zero-order chi connectivity index (χ0) is 14.5. The summed E-state index contributed by atoms with van der Waals surface area (Å²) in [5, 5.41) is 16.0. The van der Waals surface area contributed by atoms with Crippen molar-refractivity contribution in [1.82, 2.24) is 15.5 Å². The highest BCUT2D eigenvalue weighted by atomic mass is 16.5. The van der Waals surface area contributed by atoms with Crippen LogP contribution < -0.4 is 10.6 Å². The lowest BCUT2D eigenvalue weighted by Crippen LogP contribution is -2.52. The fraction of sp³-hybridized carbons (Fsp3) is 0.929. The second-order valence-electron chi connectivity index (χ2n) is 5.70. The molecule has 2 amide bonds. The third-order valence-corrected chi connectivity index (χ3v) is 4.37. The number of amides is 2. The number of nitrogens with one attached hydrogen (secondary N) is 2. The van der Waals surface area contributed by atoms with Gasteiger partial charge >= 0.3 is 6.03 Å². The van der Waals surface area contributed by atoms with Crippen LogP contribution in [-0.4, -0.2) is 66.6 Å². The molecule has 2 aliphatic rings. The van der Waals surface area contributed by atoms with Gasteiger partial charge in [0.15, 0.2) is 0 Å². The van der Waals surface area contributed by atoms with E-state index in [0.717, 1.165) is 25.9 Å². The molecule has 2 rings (SSSR count). The molecule has 1 aliphatic carbocycles. The number of hydrogen-bond acceptors (Lipinski definition) is 4. The van der Waals surface area contributed by atoms with Gasteiger partial charge in [-0.05, 0) is 32.4 Å². The lowest BCUT2D eigenvalue weighted by molar-refractivity contribution is 0.0173. The second kappa shape index (κ2) is 7.24. The summed E-state index contributed by atoms with van der Waals surface area (Å²) in [6.45, 7) is 7.13. The highest BCUT2D eigenvalue weighted by Gasteiger charge is 2.37. The second-order valence-corrected chi connectivity index (χ2v) is 5.70. The van der Waals surface area contributed by atoms with Crippen molar-refractivity contribution in [3.8, 4) is 0 Å². The Hall–Kier alpha value is -0.850. The van der Waals surface area contributed by atoms with Gasteiger partial charge in [0.2, 0.25) is 0 Å². The third kappa shape index (κ3) is 3.84. The molecule has 116 valence electrons. The minimum absolute atomic E-state index is 0.189. The van der Waals surface area contributed by atoms with Gasteiger partial charge in [-0.3, -0.25) is 0 Å². The quantitative estimate of drug-likeness (QED) is 0.656. The summed E-state index contributed by atoms with van der Waals surface area (Å²) in [6, 6.07) is -0.192. The van der Waals surface area contributed by atoms with E-state index in [1.54, 1.807) is 0 Å². The molecule has 0 unspecified atom stereocenters. The summed E-state index contributed by atoms with van der Waals surface area (Å²) in [5.41, 5.74) is 0. The largest absolute Gasteiger partial charge is 0.388 e. The smallest absolute Gasteiger partial charge is 0.315 e. The van der Waals surface area contributed by atoms with Gasteiger partial charge in [0.05, 0.1) is 18.8 Å². The number of aliphatic hydroxyl groups is 1. The van der Waals surface area contributed by atoms with Crippen LogP contribution in [0.5, 0.6) is 0 Å². The zero-order valence-corrected chi connectivity index (χ0v) is 12.5. The molecule has 6 heteroatoms. The van der Waals surface area contributed by atoms with Gasteiger partial charge in [-0.25, -0.2) is 4.79 Å². The number of urea groups is 1. The Bertz CT molecular complexity index is 319. The standard InChI is InChI=1S/C14H27N3O3/c1-3-17(4-2)8-12-13(18)11(9-20-12)16-14(19)15-10-6-5-7-10/h10-13,18H,3-9H2,1-2H3,(H2,15,16,19)/t11-,12+,13-/m1/s1. The zero-order valence-electron chi connectivity index (χ0n) is 12.5. The number of carbonyl (C=O) groups is 1. The van der Waals surface area contributed by atoms with Crippen molar-refractivity contribution in [2.45, 2.75) is 57.4 Å². The van der Waals surface area contributed by atoms with E-state index in [1.807, 2.05) is 0 Å². The van der Waals surface area contributed by atoms with Crippen LogP contribution >= 0.6 is 0 Å². The summed E-state index contributed by atoms with van der Waals surface area (Å²) < 4.78 is 5.62. The van der Waals surface area contributed by atoms with Gasteiger partial charge in [-0.2, -0.15) is 0 Å². The van der Waals surface area contributed by atoms with Crippen molar-refractivity contribution in [3.05, 3.63) is 0 Å². The van der Waals surface area contributed by atoms with E-state index in [2.05, 4.69) is 29.4 Å². The third-order valence-electron chi connectivity index (χ3n) is 4.37. The first-order valence-corrected chi connectivity index (χ1v) is 7.73. The van der Waals surface area contributed by atoms with Crippen molar-refractivity contribution in [1.29, 1.82) is 0 Å². The van der Waals surface area contributed by atoms with Crippen LogP contribution in [0, 0.1) is 0 Å². The number of hydrogen-bond donors (Lipinski definition) is 3. The van der Waals surface area contributed by atoms with Crippen molar-refractivity contribution in [2.75, 3.05) is 26.2 Å². The van der Waals surface area contributed by atoms with E-state index in [-0.39, 0.29) is 18.2 Å². The monoisotopic (exact) mass is 285 g/mol. The van der Waals surface area contributed by atoms with E-state index in [0.29, 0.717) is 19.2 Å². The minimum Gasteiger partial charge on any atom is -0.388 e. The van der Waals surface area contributed by atoms with Gasteiger partial charge in [-0.1, -0.05) is 13.8 Å². The first-order chi connectivity index (χ1) is 9.63. The molecule has 3 N–H and O–H groups in total. The normalized spacial score (nSPS) is 30.3. The van der Waals surface area contributed by atoms with Crippen molar-refractivity contribution < 1.29 is 14.6 Å². The van der Waals surface area contributed by atoms with Crippen LogP contribution in [0.1, 0.15) is 33.1 Å². The molecule has 0 bridgehead atoms. The predicted molar refractivity (Wildman–Crippen MR) is 76.6 cm³/mol. The molecule has 1 heterocycles. The first kappa shape index (κ1) is 15.5. The summed E-state index contributed by atoms with van der Waals surface area (Å²) in [4.78, 5) is 14.0. The van der Waals surface area contributed by atoms with Crippen LogP contribution in [0.3, 0.4) is 0 Å². The van der Waals surface area contributed by atoms with Crippen LogP contribution in [0.15, 0.2) is 0 Å². The van der Waals surface area contributed by atoms with Crippen molar-refractivity contribution in [2.24, 2.45) is 0 Å². The highest BCUT2D eigenvalue weighted by molar-refractivity contribution is 5.74. The lowest BCUT2D eigenvalue weighted by Gasteiger charge is -2.28.